The Hall–Kier alpha value is -1.96. The van der Waals surface area contributed by atoms with Gasteiger partial charge in [-0.1, -0.05) is 11.6 Å². The van der Waals surface area contributed by atoms with Gasteiger partial charge in [-0.2, -0.15) is 9.97 Å². The molecule has 8 heteroatoms. The third-order valence-corrected chi connectivity index (χ3v) is 3.54. The molecule has 0 spiro atoms. The van der Waals surface area contributed by atoms with E-state index in [-0.39, 0.29) is 30.3 Å². The zero-order valence-electron chi connectivity index (χ0n) is 9.82. The van der Waals surface area contributed by atoms with E-state index in [1.54, 1.807) is 4.68 Å². The van der Waals surface area contributed by atoms with Crippen LogP contribution >= 0.6 is 0 Å². The summed E-state index contributed by atoms with van der Waals surface area (Å²) in [4.78, 5) is 8.01. The van der Waals surface area contributed by atoms with Crippen molar-refractivity contribution in [3.05, 3.63) is 0 Å². The highest BCUT2D eigenvalue weighted by Crippen LogP contribution is 2.36. The maximum Gasteiger partial charge on any atom is 0.224 e. The fourth-order valence-corrected chi connectivity index (χ4v) is 2.64. The van der Waals surface area contributed by atoms with Gasteiger partial charge in [-0.3, -0.25) is 0 Å². The molecule has 0 radical (unpaired) electrons. The molecular weight excluding hydrogens is 234 g/mol. The second-order valence-electron chi connectivity index (χ2n) is 4.61. The smallest absolute Gasteiger partial charge is 0.224 e. The Morgan fingerprint density at radius 3 is 2.89 bits per heavy atom. The second-order valence-corrected chi connectivity index (χ2v) is 4.61. The Labute approximate surface area is 103 Å². The number of anilines is 2. The number of nitrogens with zero attached hydrogens (tertiary/aromatic N) is 5. The standard InChI is InChI=1S/C10H15N7O/c11-8-7-9(14-10(12)13-8)17(16-15-7)6-3-1-2-5(6)4-18/h5-6,18H,1-4H2,(H4,11,12,13,14)/t5-,6+/m0/s1. The lowest BCUT2D eigenvalue weighted by atomic mass is 10.1. The average molecular weight is 249 g/mol. The maximum atomic E-state index is 9.37. The van der Waals surface area contributed by atoms with Crippen LogP contribution in [0.3, 0.4) is 0 Å². The van der Waals surface area contributed by atoms with E-state index < -0.39 is 0 Å². The van der Waals surface area contributed by atoms with E-state index in [2.05, 4.69) is 20.3 Å². The van der Waals surface area contributed by atoms with Gasteiger partial charge in [0.25, 0.3) is 0 Å². The summed E-state index contributed by atoms with van der Waals surface area (Å²) < 4.78 is 1.72. The zero-order valence-corrected chi connectivity index (χ0v) is 9.82. The summed E-state index contributed by atoms with van der Waals surface area (Å²) in [5, 5.41) is 17.5. The van der Waals surface area contributed by atoms with E-state index in [9.17, 15) is 5.11 Å². The number of aliphatic hydroxyl groups is 1. The molecule has 1 fully saturated rings. The number of nitrogens with two attached hydrogens (primary N) is 2. The van der Waals surface area contributed by atoms with Crippen LogP contribution in [0, 0.1) is 5.92 Å². The highest BCUT2D eigenvalue weighted by atomic mass is 16.3. The largest absolute Gasteiger partial charge is 0.396 e. The fraction of sp³-hybridized carbons (Fsp3) is 0.600. The summed E-state index contributed by atoms with van der Waals surface area (Å²) in [7, 11) is 0. The van der Waals surface area contributed by atoms with Crippen molar-refractivity contribution < 1.29 is 5.11 Å². The van der Waals surface area contributed by atoms with Crippen LogP contribution in [0.5, 0.6) is 0 Å². The van der Waals surface area contributed by atoms with Gasteiger partial charge in [-0.15, -0.1) is 5.10 Å². The molecule has 0 unspecified atom stereocenters. The first kappa shape index (κ1) is 11.1. The average Bonchev–Trinajstić information content (AvgIpc) is 2.93. The van der Waals surface area contributed by atoms with Crippen molar-refractivity contribution in [3.63, 3.8) is 0 Å². The molecule has 5 N–H and O–H groups in total. The van der Waals surface area contributed by atoms with Crippen molar-refractivity contribution in [1.29, 1.82) is 0 Å². The van der Waals surface area contributed by atoms with E-state index in [0.29, 0.717) is 11.2 Å². The molecule has 18 heavy (non-hydrogen) atoms. The molecule has 1 saturated carbocycles. The summed E-state index contributed by atoms with van der Waals surface area (Å²) in [6.07, 6.45) is 3.00. The Bertz CT molecular complexity index is 581. The lowest BCUT2D eigenvalue weighted by Gasteiger charge is -2.17. The molecule has 3 rings (SSSR count). The normalized spacial score (nSPS) is 23.8. The van der Waals surface area contributed by atoms with Gasteiger partial charge in [0.05, 0.1) is 6.04 Å². The van der Waals surface area contributed by atoms with Gasteiger partial charge >= 0.3 is 0 Å². The summed E-state index contributed by atoms with van der Waals surface area (Å²) in [6.45, 7) is 0.141. The predicted octanol–water partition coefficient (Wildman–Crippen LogP) is -0.281. The summed E-state index contributed by atoms with van der Waals surface area (Å²) >= 11 is 0. The van der Waals surface area contributed by atoms with Crippen LogP contribution in [0.4, 0.5) is 11.8 Å². The van der Waals surface area contributed by atoms with Crippen LogP contribution < -0.4 is 11.5 Å². The van der Waals surface area contributed by atoms with Crippen LogP contribution in [0.1, 0.15) is 25.3 Å². The molecule has 0 amide bonds. The molecule has 0 aromatic carbocycles. The third kappa shape index (κ3) is 1.57. The molecule has 0 saturated heterocycles. The van der Waals surface area contributed by atoms with Crippen molar-refractivity contribution in [1.82, 2.24) is 25.0 Å². The Balaban J connectivity index is 2.12. The number of aromatic nitrogens is 5. The predicted molar refractivity (Wildman–Crippen MR) is 65.4 cm³/mol. The SMILES string of the molecule is Nc1nc(N)c2nnn([C@@H]3CCC[C@H]3CO)c2n1. The highest BCUT2D eigenvalue weighted by Gasteiger charge is 2.31. The van der Waals surface area contributed by atoms with Crippen LogP contribution in [-0.2, 0) is 0 Å². The number of aliphatic hydroxyl groups excluding tert-OH is 1. The Morgan fingerprint density at radius 2 is 2.11 bits per heavy atom. The zero-order chi connectivity index (χ0) is 12.7. The fourth-order valence-electron chi connectivity index (χ4n) is 2.64. The first-order chi connectivity index (χ1) is 8.70. The monoisotopic (exact) mass is 249 g/mol. The minimum atomic E-state index is 0.105. The molecule has 2 atom stereocenters. The summed E-state index contributed by atoms with van der Waals surface area (Å²) in [6, 6.07) is 0.105. The van der Waals surface area contributed by atoms with Gasteiger partial charge in [-0.25, -0.2) is 4.68 Å². The highest BCUT2D eigenvalue weighted by molar-refractivity contribution is 5.81. The van der Waals surface area contributed by atoms with E-state index in [0.717, 1.165) is 19.3 Å². The van der Waals surface area contributed by atoms with Gasteiger partial charge in [-0.05, 0) is 12.8 Å². The number of rotatable bonds is 2. The van der Waals surface area contributed by atoms with Crippen molar-refractivity contribution in [3.8, 4) is 0 Å². The number of fused-ring (bicyclic) bond motifs is 1. The van der Waals surface area contributed by atoms with Gasteiger partial charge in [0.2, 0.25) is 5.95 Å². The molecule has 96 valence electrons. The van der Waals surface area contributed by atoms with E-state index >= 15 is 0 Å². The second kappa shape index (κ2) is 4.05. The van der Waals surface area contributed by atoms with Crippen molar-refractivity contribution >= 4 is 22.9 Å². The van der Waals surface area contributed by atoms with Gasteiger partial charge in [0.1, 0.15) is 0 Å². The van der Waals surface area contributed by atoms with Crippen molar-refractivity contribution in [2.45, 2.75) is 25.3 Å². The molecule has 2 aromatic rings. The topological polar surface area (TPSA) is 129 Å². The summed E-state index contributed by atoms with van der Waals surface area (Å²) in [5.74, 6) is 0.539. The molecule has 2 aromatic heterocycles. The molecule has 1 aliphatic rings. The minimum absolute atomic E-state index is 0.105. The molecule has 0 aliphatic heterocycles. The maximum absolute atomic E-state index is 9.37. The van der Waals surface area contributed by atoms with Crippen molar-refractivity contribution in [2.75, 3.05) is 18.1 Å². The van der Waals surface area contributed by atoms with Crippen LogP contribution in [0.15, 0.2) is 0 Å². The van der Waals surface area contributed by atoms with E-state index in [1.807, 2.05) is 0 Å². The van der Waals surface area contributed by atoms with Gasteiger partial charge in [0, 0.05) is 12.5 Å². The van der Waals surface area contributed by atoms with E-state index in [1.165, 1.54) is 0 Å². The first-order valence-corrected chi connectivity index (χ1v) is 5.95. The van der Waals surface area contributed by atoms with Crippen LogP contribution in [-0.4, -0.2) is 36.7 Å². The molecule has 8 nitrogen and oxygen atoms in total. The molecule has 2 heterocycles. The Kier molecular flexibility index (Phi) is 2.51. The molecule has 0 bridgehead atoms. The first-order valence-electron chi connectivity index (χ1n) is 5.95. The molecule has 1 aliphatic carbocycles. The minimum Gasteiger partial charge on any atom is -0.396 e. The number of hydrogen-bond acceptors (Lipinski definition) is 7. The third-order valence-electron chi connectivity index (χ3n) is 3.54. The van der Waals surface area contributed by atoms with Crippen LogP contribution in [0.2, 0.25) is 0 Å². The number of hydrogen-bond donors (Lipinski definition) is 3. The van der Waals surface area contributed by atoms with Gasteiger partial charge in [0.15, 0.2) is 17.0 Å². The molecular formula is C10H15N7O. The summed E-state index contributed by atoms with van der Waals surface area (Å²) in [5.41, 5.74) is 12.4. The Morgan fingerprint density at radius 1 is 1.28 bits per heavy atom. The van der Waals surface area contributed by atoms with E-state index in [4.69, 9.17) is 11.5 Å². The van der Waals surface area contributed by atoms with Gasteiger partial charge < -0.3 is 16.6 Å². The van der Waals surface area contributed by atoms with Crippen LogP contribution in [0.25, 0.3) is 11.2 Å². The van der Waals surface area contributed by atoms with Crippen molar-refractivity contribution in [2.24, 2.45) is 5.92 Å². The lowest BCUT2D eigenvalue weighted by molar-refractivity contribution is 0.191. The quantitative estimate of drug-likeness (QED) is 0.667. The number of nitrogen functional groups attached to an aromatic ring is 2. The lowest BCUT2D eigenvalue weighted by Crippen LogP contribution is -2.19.